The smallest absolute Gasteiger partial charge is 0.335 e. The Hall–Kier alpha value is -3.52. The highest BCUT2D eigenvalue weighted by molar-refractivity contribution is 5.89. The van der Waals surface area contributed by atoms with Crippen LogP contribution in [0.1, 0.15) is 40.9 Å². The maximum atomic E-state index is 14.2. The highest BCUT2D eigenvalue weighted by atomic mass is 19.1. The Balaban J connectivity index is 1.77. The van der Waals surface area contributed by atoms with Gasteiger partial charge in [0.15, 0.2) is 6.10 Å². The maximum absolute atomic E-state index is 14.2. The van der Waals surface area contributed by atoms with E-state index in [-0.39, 0.29) is 24.7 Å². The number of aliphatic hydroxyl groups is 1. The van der Waals surface area contributed by atoms with Gasteiger partial charge in [-0.3, -0.25) is 4.79 Å². The quantitative estimate of drug-likeness (QED) is 0.478. The highest BCUT2D eigenvalue weighted by Crippen LogP contribution is 2.25. The third-order valence-electron chi connectivity index (χ3n) is 5.09. The number of aromatic nitrogens is 1. The van der Waals surface area contributed by atoms with E-state index in [0.29, 0.717) is 17.7 Å². The minimum Gasteiger partial charge on any atom is -0.464 e. The maximum Gasteiger partial charge on any atom is 0.335 e. The van der Waals surface area contributed by atoms with Crippen LogP contribution in [-0.2, 0) is 16.0 Å². The third kappa shape index (κ3) is 6.49. The fraction of sp³-hybridized carbons (Fsp3) is 0.320. The predicted octanol–water partition coefficient (Wildman–Crippen LogP) is 3.75. The van der Waals surface area contributed by atoms with Gasteiger partial charge < -0.3 is 19.6 Å². The Morgan fingerprint density at radius 3 is 2.55 bits per heavy atom. The third-order valence-corrected chi connectivity index (χ3v) is 5.09. The summed E-state index contributed by atoms with van der Waals surface area (Å²) < 4.78 is 24.3. The predicted molar refractivity (Wildman–Crippen MR) is 120 cm³/mol. The molecule has 0 saturated heterocycles. The molecular formula is C25H27FN2O5. The Bertz CT molecular complexity index is 1110. The van der Waals surface area contributed by atoms with Crippen molar-refractivity contribution in [2.24, 2.45) is 0 Å². The number of hydrogen-bond acceptors (Lipinski definition) is 6. The molecular weight excluding hydrogens is 427 g/mol. The van der Waals surface area contributed by atoms with Crippen molar-refractivity contribution >= 4 is 11.9 Å². The highest BCUT2D eigenvalue weighted by Gasteiger charge is 2.25. The number of aliphatic hydroxyl groups excluding tert-OH is 1. The van der Waals surface area contributed by atoms with Gasteiger partial charge in [0, 0.05) is 18.0 Å². The summed E-state index contributed by atoms with van der Waals surface area (Å²) in [7, 11) is 0. The molecule has 7 nitrogen and oxygen atoms in total. The van der Waals surface area contributed by atoms with Gasteiger partial charge in [-0.15, -0.1) is 0 Å². The molecule has 0 aliphatic rings. The number of carbonyl (C=O) groups excluding carboxylic acids is 2. The van der Waals surface area contributed by atoms with Gasteiger partial charge in [0.25, 0.3) is 5.89 Å². The van der Waals surface area contributed by atoms with Crippen molar-refractivity contribution in [3.8, 4) is 11.1 Å². The van der Waals surface area contributed by atoms with Gasteiger partial charge >= 0.3 is 11.9 Å². The van der Waals surface area contributed by atoms with Gasteiger partial charge in [-0.1, -0.05) is 35.9 Å². The summed E-state index contributed by atoms with van der Waals surface area (Å²) in [6.07, 6.45) is 0.291. The Kier molecular flexibility index (Phi) is 7.95. The summed E-state index contributed by atoms with van der Waals surface area (Å²) in [5.41, 5.74) is 3.01. The molecule has 1 amide bonds. The second-order valence-electron chi connectivity index (χ2n) is 7.83. The van der Waals surface area contributed by atoms with Crippen LogP contribution in [0.25, 0.3) is 11.1 Å². The van der Waals surface area contributed by atoms with Gasteiger partial charge in [0.1, 0.15) is 11.6 Å². The Morgan fingerprint density at radius 2 is 1.91 bits per heavy atom. The van der Waals surface area contributed by atoms with Crippen LogP contribution >= 0.6 is 0 Å². The van der Waals surface area contributed by atoms with Crippen molar-refractivity contribution in [2.45, 2.75) is 45.8 Å². The number of halogens is 1. The minimum absolute atomic E-state index is 0.0570. The molecule has 2 aromatic carbocycles. The van der Waals surface area contributed by atoms with Crippen molar-refractivity contribution in [1.82, 2.24) is 10.3 Å². The van der Waals surface area contributed by atoms with E-state index in [2.05, 4.69) is 10.3 Å². The van der Waals surface area contributed by atoms with E-state index < -0.39 is 24.0 Å². The summed E-state index contributed by atoms with van der Waals surface area (Å²) in [6.45, 7) is 5.35. The average molecular weight is 454 g/mol. The van der Waals surface area contributed by atoms with E-state index in [4.69, 9.17) is 9.15 Å². The van der Waals surface area contributed by atoms with E-state index in [1.165, 1.54) is 12.3 Å². The molecule has 0 radical (unpaired) electrons. The second kappa shape index (κ2) is 10.9. The summed E-state index contributed by atoms with van der Waals surface area (Å²) in [4.78, 5) is 28.3. The monoisotopic (exact) mass is 454 g/mol. The van der Waals surface area contributed by atoms with Crippen molar-refractivity contribution < 1.29 is 28.2 Å². The number of benzene rings is 2. The molecule has 3 rings (SSSR count). The summed E-state index contributed by atoms with van der Waals surface area (Å²) in [5, 5.41) is 13.0. The normalized spacial score (nSPS) is 12.8. The molecule has 2 atom stereocenters. The number of nitrogens with zero attached hydrogens (tertiary/aromatic N) is 1. The summed E-state index contributed by atoms with van der Waals surface area (Å²) >= 11 is 0. The zero-order chi connectivity index (χ0) is 24.0. The fourth-order valence-corrected chi connectivity index (χ4v) is 3.47. The van der Waals surface area contributed by atoms with Crippen molar-refractivity contribution in [3.05, 3.63) is 77.3 Å². The number of hydrogen-bond donors (Lipinski definition) is 2. The summed E-state index contributed by atoms with van der Waals surface area (Å²) in [6, 6.07) is 11.6. The van der Waals surface area contributed by atoms with Crippen LogP contribution in [0, 0.1) is 19.7 Å². The molecule has 0 unspecified atom stereocenters. The standard InChI is InChI=1S/C25H27FN2O5/c1-4-32-25(31)22(29)13-19(28-23(30)24-27-14-16(3)33-24)12-17-6-8-18(9-7-17)20-11-15(2)5-10-21(20)26/h5-11,14,19,22,29H,4,12-13H2,1-3H3,(H,28,30)/t19-,22-/m1/s1. The van der Waals surface area contributed by atoms with Gasteiger partial charge in [-0.25, -0.2) is 14.2 Å². The largest absolute Gasteiger partial charge is 0.464 e. The molecule has 174 valence electrons. The number of rotatable bonds is 9. The van der Waals surface area contributed by atoms with Crippen molar-refractivity contribution in [3.63, 3.8) is 0 Å². The van der Waals surface area contributed by atoms with E-state index in [1.54, 1.807) is 38.1 Å². The molecule has 0 fully saturated rings. The Labute approximate surface area is 191 Å². The zero-order valence-electron chi connectivity index (χ0n) is 18.8. The number of ether oxygens (including phenoxy) is 1. The topological polar surface area (TPSA) is 102 Å². The molecule has 0 spiro atoms. The lowest BCUT2D eigenvalue weighted by molar-refractivity contribution is -0.153. The first-order valence-electron chi connectivity index (χ1n) is 10.7. The molecule has 0 bridgehead atoms. The molecule has 0 aliphatic heterocycles. The van der Waals surface area contributed by atoms with Crippen LogP contribution in [0.15, 0.2) is 53.1 Å². The van der Waals surface area contributed by atoms with Crippen LogP contribution in [-0.4, -0.2) is 40.7 Å². The lowest BCUT2D eigenvalue weighted by atomic mass is 9.97. The van der Waals surface area contributed by atoms with Crippen LogP contribution in [0.3, 0.4) is 0 Å². The zero-order valence-corrected chi connectivity index (χ0v) is 18.8. The first kappa shape index (κ1) is 24.1. The number of aryl methyl sites for hydroxylation is 2. The number of esters is 1. The second-order valence-corrected chi connectivity index (χ2v) is 7.83. The first-order valence-corrected chi connectivity index (χ1v) is 10.7. The van der Waals surface area contributed by atoms with Crippen LogP contribution in [0.4, 0.5) is 4.39 Å². The lowest BCUT2D eigenvalue weighted by Crippen LogP contribution is -2.41. The number of amides is 1. The molecule has 1 aromatic heterocycles. The fourth-order valence-electron chi connectivity index (χ4n) is 3.47. The molecule has 8 heteroatoms. The van der Waals surface area contributed by atoms with Gasteiger partial charge in [0.05, 0.1) is 12.8 Å². The number of oxazole rings is 1. The van der Waals surface area contributed by atoms with E-state index in [0.717, 1.165) is 16.7 Å². The first-order chi connectivity index (χ1) is 15.8. The van der Waals surface area contributed by atoms with Gasteiger partial charge in [-0.05, 0) is 50.5 Å². The van der Waals surface area contributed by atoms with Crippen LogP contribution in [0.2, 0.25) is 0 Å². The van der Waals surface area contributed by atoms with Gasteiger partial charge in [0.2, 0.25) is 0 Å². The number of nitrogens with one attached hydrogen (secondary N) is 1. The van der Waals surface area contributed by atoms with E-state index in [9.17, 15) is 19.1 Å². The molecule has 33 heavy (non-hydrogen) atoms. The number of carbonyl (C=O) groups is 2. The van der Waals surface area contributed by atoms with E-state index >= 15 is 0 Å². The van der Waals surface area contributed by atoms with Gasteiger partial charge in [-0.2, -0.15) is 0 Å². The van der Waals surface area contributed by atoms with Crippen LogP contribution in [0.5, 0.6) is 0 Å². The molecule has 0 aliphatic carbocycles. The Morgan fingerprint density at radius 1 is 1.18 bits per heavy atom. The van der Waals surface area contributed by atoms with Crippen LogP contribution < -0.4 is 5.32 Å². The molecule has 1 heterocycles. The van der Waals surface area contributed by atoms with E-state index in [1.807, 2.05) is 19.1 Å². The lowest BCUT2D eigenvalue weighted by Gasteiger charge is -2.21. The average Bonchev–Trinajstić information content (AvgIpc) is 3.22. The molecule has 2 N–H and O–H groups in total. The minimum atomic E-state index is -1.40. The SMILES string of the molecule is CCOC(=O)[C@H](O)C[C@@H](Cc1ccc(-c2cc(C)ccc2F)cc1)NC(=O)c1ncc(C)o1. The molecule has 0 saturated carbocycles. The summed E-state index contributed by atoms with van der Waals surface area (Å²) in [5.74, 6) is -1.23. The molecule has 3 aromatic rings. The van der Waals surface area contributed by atoms with Crippen molar-refractivity contribution in [1.29, 1.82) is 0 Å². The van der Waals surface area contributed by atoms with Crippen molar-refractivity contribution in [2.75, 3.05) is 6.61 Å².